The van der Waals surface area contributed by atoms with Gasteiger partial charge in [-0.15, -0.1) is 10.2 Å². The second-order valence-corrected chi connectivity index (χ2v) is 6.61. The minimum absolute atomic E-state index is 0.142. The normalized spacial score (nSPS) is 17.0. The van der Waals surface area contributed by atoms with Crippen molar-refractivity contribution in [1.29, 1.82) is 0 Å². The molecule has 2 heterocycles. The molecular formula is C15H20FN5. The van der Waals surface area contributed by atoms with Gasteiger partial charge in [-0.2, -0.15) is 4.80 Å². The summed E-state index contributed by atoms with van der Waals surface area (Å²) in [6.07, 6.45) is 0. The summed E-state index contributed by atoms with van der Waals surface area (Å²) >= 11 is 0. The summed E-state index contributed by atoms with van der Waals surface area (Å²) in [5.74, 6) is 1.05. The lowest BCUT2D eigenvalue weighted by Gasteiger charge is -2.38. The molecule has 3 rings (SSSR count). The van der Waals surface area contributed by atoms with Gasteiger partial charge in [-0.1, -0.05) is 12.1 Å². The Bertz CT molecular complexity index is 608. The Labute approximate surface area is 123 Å². The van der Waals surface area contributed by atoms with E-state index in [9.17, 15) is 4.39 Å². The summed E-state index contributed by atoms with van der Waals surface area (Å²) in [4.78, 5) is 3.93. The molecule has 0 N–H and O–H groups in total. The number of nitrogens with zero attached hydrogens (tertiary/aromatic N) is 5. The monoisotopic (exact) mass is 289 g/mol. The molecule has 1 fully saturated rings. The Morgan fingerprint density at radius 2 is 1.86 bits per heavy atom. The molecule has 1 saturated heterocycles. The van der Waals surface area contributed by atoms with Crippen molar-refractivity contribution in [3.05, 3.63) is 41.5 Å². The Morgan fingerprint density at radius 3 is 2.43 bits per heavy atom. The first-order valence-electron chi connectivity index (χ1n) is 7.19. The molecule has 5 nitrogen and oxygen atoms in total. The molecule has 1 aliphatic heterocycles. The third-order valence-corrected chi connectivity index (χ3v) is 3.72. The van der Waals surface area contributed by atoms with Crippen molar-refractivity contribution < 1.29 is 4.39 Å². The number of hydrogen-bond acceptors (Lipinski definition) is 4. The molecule has 0 amide bonds. The Hall–Kier alpha value is -1.82. The van der Waals surface area contributed by atoms with Gasteiger partial charge >= 0.3 is 0 Å². The van der Waals surface area contributed by atoms with Gasteiger partial charge < -0.3 is 0 Å². The van der Waals surface area contributed by atoms with Crippen molar-refractivity contribution in [1.82, 2.24) is 25.1 Å². The standard InChI is InChI=1S/C15H20FN5/c1-15(2,3)21-18-14(17-19-21)10-20-8-12(9-20)11-4-6-13(16)7-5-11/h4-7,12H,8-10H2,1-3H3. The van der Waals surface area contributed by atoms with Crippen LogP contribution in [0.2, 0.25) is 0 Å². The van der Waals surface area contributed by atoms with E-state index in [0.29, 0.717) is 12.5 Å². The molecular weight excluding hydrogens is 269 g/mol. The first-order valence-corrected chi connectivity index (χ1v) is 7.19. The summed E-state index contributed by atoms with van der Waals surface area (Å²) in [6.45, 7) is 8.77. The lowest BCUT2D eigenvalue weighted by atomic mass is 9.91. The average Bonchev–Trinajstić information content (AvgIpc) is 2.83. The van der Waals surface area contributed by atoms with E-state index >= 15 is 0 Å². The van der Waals surface area contributed by atoms with Crippen molar-refractivity contribution in [2.75, 3.05) is 13.1 Å². The van der Waals surface area contributed by atoms with Crippen molar-refractivity contribution in [2.24, 2.45) is 0 Å². The van der Waals surface area contributed by atoms with Gasteiger partial charge in [-0.3, -0.25) is 4.90 Å². The fraction of sp³-hybridized carbons (Fsp3) is 0.533. The van der Waals surface area contributed by atoms with Crippen molar-refractivity contribution in [3.8, 4) is 0 Å². The fourth-order valence-corrected chi connectivity index (χ4v) is 2.44. The van der Waals surface area contributed by atoms with Crippen LogP contribution in [-0.2, 0) is 12.1 Å². The topological polar surface area (TPSA) is 46.8 Å². The molecule has 1 aromatic heterocycles. The van der Waals surface area contributed by atoms with Gasteiger partial charge in [0.2, 0.25) is 0 Å². The molecule has 0 bridgehead atoms. The zero-order chi connectivity index (χ0) is 15.0. The maximum atomic E-state index is 12.9. The van der Waals surface area contributed by atoms with Crippen LogP contribution in [0.5, 0.6) is 0 Å². The van der Waals surface area contributed by atoms with Gasteiger partial charge in [0.05, 0.1) is 12.1 Å². The quantitative estimate of drug-likeness (QED) is 0.869. The molecule has 21 heavy (non-hydrogen) atoms. The third-order valence-electron chi connectivity index (χ3n) is 3.72. The number of halogens is 1. The summed E-state index contributed by atoms with van der Waals surface area (Å²) < 4.78 is 12.9. The Kier molecular flexibility index (Phi) is 3.49. The van der Waals surface area contributed by atoms with E-state index in [2.05, 4.69) is 20.3 Å². The van der Waals surface area contributed by atoms with Crippen molar-refractivity contribution in [2.45, 2.75) is 38.8 Å². The molecule has 1 aliphatic rings. The number of benzene rings is 1. The highest BCUT2D eigenvalue weighted by atomic mass is 19.1. The number of aromatic nitrogens is 4. The fourth-order valence-electron chi connectivity index (χ4n) is 2.44. The molecule has 2 aromatic rings. The van der Waals surface area contributed by atoms with Crippen LogP contribution in [0.4, 0.5) is 4.39 Å². The van der Waals surface area contributed by atoms with Gasteiger partial charge in [-0.05, 0) is 43.7 Å². The van der Waals surface area contributed by atoms with Crippen LogP contribution in [-0.4, -0.2) is 38.2 Å². The Morgan fingerprint density at radius 1 is 1.19 bits per heavy atom. The van der Waals surface area contributed by atoms with Crippen LogP contribution in [0.1, 0.15) is 38.1 Å². The number of rotatable bonds is 3. The zero-order valence-corrected chi connectivity index (χ0v) is 12.6. The summed E-state index contributed by atoms with van der Waals surface area (Å²) in [7, 11) is 0. The summed E-state index contributed by atoms with van der Waals surface area (Å²) in [6, 6.07) is 6.78. The summed E-state index contributed by atoms with van der Waals surface area (Å²) in [5, 5.41) is 12.6. The highest BCUT2D eigenvalue weighted by molar-refractivity contribution is 5.23. The lowest BCUT2D eigenvalue weighted by Crippen LogP contribution is -2.44. The Balaban J connectivity index is 1.55. The SMILES string of the molecule is CC(C)(C)n1nnc(CN2CC(c3ccc(F)cc3)C2)n1. The van der Waals surface area contributed by atoms with E-state index < -0.39 is 0 Å². The number of tetrazole rings is 1. The highest BCUT2D eigenvalue weighted by Gasteiger charge is 2.29. The molecule has 6 heteroatoms. The second kappa shape index (κ2) is 5.18. The molecule has 0 radical (unpaired) electrons. The molecule has 0 aliphatic carbocycles. The average molecular weight is 289 g/mol. The molecule has 0 atom stereocenters. The highest BCUT2D eigenvalue weighted by Crippen LogP contribution is 2.27. The van der Waals surface area contributed by atoms with E-state index in [0.717, 1.165) is 18.9 Å². The van der Waals surface area contributed by atoms with E-state index in [1.165, 1.54) is 17.7 Å². The minimum atomic E-state index is -0.182. The first kappa shape index (κ1) is 14.1. The molecule has 0 unspecified atom stereocenters. The largest absolute Gasteiger partial charge is 0.294 e. The lowest BCUT2D eigenvalue weighted by molar-refractivity contribution is 0.135. The summed E-state index contributed by atoms with van der Waals surface area (Å²) in [5.41, 5.74) is 1.05. The van der Waals surface area contributed by atoms with Crippen LogP contribution in [0.25, 0.3) is 0 Å². The third kappa shape index (κ3) is 3.10. The van der Waals surface area contributed by atoms with Gasteiger partial charge in [0.1, 0.15) is 5.82 Å². The van der Waals surface area contributed by atoms with Gasteiger partial charge in [0.15, 0.2) is 5.82 Å². The van der Waals surface area contributed by atoms with Crippen LogP contribution in [0.3, 0.4) is 0 Å². The van der Waals surface area contributed by atoms with Crippen molar-refractivity contribution >= 4 is 0 Å². The maximum absolute atomic E-state index is 12.9. The molecule has 112 valence electrons. The molecule has 0 saturated carbocycles. The number of hydrogen-bond donors (Lipinski definition) is 0. The van der Waals surface area contributed by atoms with Gasteiger partial charge in [0.25, 0.3) is 0 Å². The predicted octanol–water partition coefficient (Wildman–Crippen LogP) is 2.17. The smallest absolute Gasteiger partial charge is 0.188 e. The molecule has 0 spiro atoms. The van der Waals surface area contributed by atoms with Crippen LogP contribution >= 0.6 is 0 Å². The second-order valence-electron chi connectivity index (χ2n) is 6.61. The van der Waals surface area contributed by atoms with E-state index in [1.54, 1.807) is 4.80 Å². The first-order chi connectivity index (χ1) is 9.91. The van der Waals surface area contributed by atoms with Crippen LogP contribution < -0.4 is 0 Å². The van der Waals surface area contributed by atoms with E-state index in [-0.39, 0.29) is 11.4 Å². The molecule has 1 aromatic carbocycles. The van der Waals surface area contributed by atoms with E-state index in [4.69, 9.17) is 0 Å². The van der Waals surface area contributed by atoms with Gasteiger partial charge in [-0.25, -0.2) is 4.39 Å². The van der Waals surface area contributed by atoms with Crippen LogP contribution in [0, 0.1) is 5.82 Å². The van der Waals surface area contributed by atoms with Crippen LogP contribution in [0.15, 0.2) is 24.3 Å². The minimum Gasteiger partial charge on any atom is -0.294 e. The number of likely N-dealkylation sites (tertiary alicyclic amines) is 1. The van der Waals surface area contributed by atoms with E-state index in [1.807, 2.05) is 32.9 Å². The predicted molar refractivity (Wildman–Crippen MR) is 77.2 cm³/mol. The van der Waals surface area contributed by atoms with Gasteiger partial charge in [0, 0.05) is 19.0 Å². The zero-order valence-electron chi connectivity index (χ0n) is 12.6. The maximum Gasteiger partial charge on any atom is 0.188 e. The van der Waals surface area contributed by atoms with Crippen molar-refractivity contribution in [3.63, 3.8) is 0 Å².